The van der Waals surface area contributed by atoms with Gasteiger partial charge in [-0.2, -0.15) is 0 Å². The van der Waals surface area contributed by atoms with Crippen molar-refractivity contribution in [3.63, 3.8) is 0 Å². The third-order valence-electron chi connectivity index (χ3n) is 7.34. The zero-order valence-electron chi connectivity index (χ0n) is 22.0. The molecule has 0 bridgehead atoms. The van der Waals surface area contributed by atoms with Gasteiger partial charge in [0.25, 0.3) is 5.91 Å². The molecule has 1 heterocycles. The molecule has 6 heteroatoms. The van der Waals surface area contributed by atoms with Crippen LogP contribution in [0.25, 0.3) is 0 Å². The van der Waals surface area contributed by atoms with Crippen molar-refractivity contribution in [1.82, 2.24) is 9.80 Å². The van der Waals surface area contributed by atoms with Crippen molar-refractivity contribution < 1.29 is 9.59 Å². The van der Waals surface area contributed by atoms with E-state index in [0.29, 0.717) is 18.7 Å². The highest BCUT2D eigenvalue weighted by Gasteiger charge is 2.31. The van der Waals surface area contributed by atoms with Gasteiger partial charge in [-0.3, -0.25) is 14.5 Å². The van der Waals surface area contributed by atoms with Gasteiger partial charge < -0.3 is 15.5 Å². The van der Waals surface area contributed by atoms with Crippen LogP contribution in [0.5, 0.6) is 0 Å². The Kier molecular flexibility index (Phi) is 8.34. The van der Waals surface area contributed by atoms with Crippen molar-refractivity contribution in [3.8, 4) is 0 Å². The number of carbonyl (C=O) groups is 2. The summed E-state index contributed by atoms with van der Waals surface area (Å²) in [4.78, 5) is 31.6. The summed E-state index contributed by atoms with van der Waals surface area (Å²) in [6.45, 7) is 3.61. The second kappa shape index (κ2) is 12.4. The van der Waals surface area contributed by atoms with Crippen molar-refractivity contribution in [2.24, 2.45) is 5.73 Å². The van der Waals surface area contributed by atoms with E-state index in [2.05, 4.69) is 58.3 Å². The third-order valence-corrected chi connectivity index (χ3v) is 7.34. The van der Waals surface area contributed by atoms with Crippen LogP contribution in [0.2, 0.25) is 0 Å². The summed E-state index contributed by atoms with van der Waals surface area (Å²) in [5.74, 6) is -0.342. The van der Waals surface area contributed by atoms with Gasteiger partial charge in [0.15, 0.2) is 0 Å². The van der Waals surface area contributed by atoms with Crippen LogP contribution in [0, 0.1) is 0 Å². The fourth-order valence-corrected chi connectivity index (χ4v) is 5.21. The van der Waals surface area contributed by atoms with Gasteiger partial charge in [-0.1, -0.05) is 78.9 Å². The van der Waals surface area contributed by atoms with Crippen molar-refractivity contribution in [3.05, 3.63) is 138 Å². The molecule has 1 aliphatic heterocycles. The van der Waals surface area contributed by atoms with Gasteiger partial charge in [0, 0.05) is 56.0 Å². The van der Waals surface area contributed by atoms with Gasteiger partial charge in [-0.25, -0.2) is 0 Å². The molecule has 39 heavy (non-hydrogen) atoms. The van der Waals surface area contributed by atoms with E-state index >= 15 is 0 Å². The van der Waals surface area contributed by atoms with Gasteiger partial charge >= 0.3 is 0 Å². The molecular formula is C33H34N4O2. The van der Waals surface area contributed by atoms with Gasteiger partial charge in [0.1, 0.15) is 0 Å². The van der Waals surface area contributed by atoms with Crippen LogP contribution in [-0.2, 0) is 13.0 Å². The smallest absolute Gasteiger partial charge is 0.253 e. The minimum atomic E-state index is -0.424. The zero-order chi connectivity index (χ0) is 27.0. The lowest BCUT2D eigenvalue weighted by atomic mass is 10.0. The first kappa shape index (κ1) is 26.2. The Hall–Kier alpha value is -4.42. The standard InChI is InChI=1S/C33H34N4O2/c34-32(38)28-18-16-26(17-19-28)24-31(35-20-22-36(23-21-35)33(39)29-12-6-2-7-13-29)37(30-14-8-3-9-15-30)25-27-10-4-1-5-11-27/h1-19,31H,20-25H2,(H2,34,38). The third kappa shape index (κ3) is 6.54. The van der Waals surface area contributed by atoms with Crippen LogP contribution in [0.3, 0.4) is 0 Å². The van der Waals surface area contributed by atoms with Crippen molar-refractivity contribution in [1.29, 1.82) is 0 Å². The van der Waals surface area contributed by atoms with E-state index in [0.717, 1.165) is 42.9 Å². The Morgan fingerprint density at radius 3 is 1.82 bits per heavy atom. The summed E-state index contributed by atoms with van der Waals surface area (Å²) in [7, 11) is 0. The average Bonchev–Trinajstić information content (AvgIpc) is 3.00. The average molecular weight is 519 g/mol. The minimum absolute atomic E-state index is 0.0426. The summed E-state index contributed by atoms with van der Waals surface area (Å²) in [6, 6.07) is 38.1. The molecule has 0 saturated carbocycles. The molecule has 4 aromatic carbocycles. The number of rotatable bonds is 9. The zero-order valence-corrected chi connectivity index (χ0v) is 22.0. The van der Waals surface area contributed by atoms with E-state index in [1.54, 1.807) is 12.1 Å². The lowest BCUT2D eigenvalue weighted by Crippen LogP contribution is -2.57. The Balaban J connectivity index is 1.43. The molecule has 6 nitrogen and oxygen atoms in total. The number of nitrogens with two attached hydrogens (primary N) is 1. The molecule has 0 aliphatic carbocycles. The van der Waals surface area contributed by atoms with Crippen LogP contribution in [-0.4, -0.2) is 54.0 Å². The van der Waals surface area contributed by atoms with E-state index in [4.69, 9.17) is 5.73 Å². The molecule has 1 atom stereocenters. The highest BCUT2D eigenvalue weighted by molar-refractivity contribution is 5.94. The van der Waals surface area contributed by atoms with Gasteiger partial charge in [-0.05, 0) is 47.5 Å². The maximum atomic E-state index is 13.1. The molecule has 1 saturated heterocycles. The van der Waals surface area contributed by atoms with E-state index in [1.165, 1.54) is 5.56 Å². The second-order valence-electron chi connectivity index (χ2n) is 9.89. The minimum Gasteiger partial charge on any atom is -0.366 e. The number of carbonyl (C=O) groups excluding carboxylic acids is 2. The van der Waals surface area contributed by atoms with E-state index in [1.807, 2.05) is 59.5 Å². The second-order valence-corrected chi connectivity index (χ2v) is 9.89. The lowest BCUT2D eigenvalue weighted by molar-refractivity contribution is 0.0561. The summed E-state index contributed by atoms with van der Waals surface area (Å²) >= 11 is 0. The largest absolute Gasteiger partial charge is 0.366 e. The van der Waals surface area contributed by atoms with E-state index in [9.17, 15) is 9.59 Å². The fourth-order valence-electron chi connectivity index (χ4n) is 5.21. The maximum absolute atomic E-state index is 13.1. The van der Waals surface area contributed by atoms with Crippen LogP contribution >= 0.6 is 0 Å². The van der Waals surface area contributed by atoms with Gasteiger partial charge in [0.2, 0.25) is 5.91 Å². The first-order chi connectivity index (χ1) is 19.1. The molecule has 0 radical (unpaired) electrons. The Morgan fingerprint density at radius 2 is 1.23 bits per heavy atom. The maximum Gasteiger partial charge on any atom is 0.253 e. The first-order valence-corrected chi connectivity index (χ1v) is 13.4. The highest BCUT2D eigenvalue weighted by atomic mass is 16.2. The molecule has 2 N–H and O–H groups in total. The number of anilines is 1. The van der Waals surface area contributed by atoms with Crippen molar-refractivity contribution in [2.75, 3.05) is 31.1 Å². The van der Waals surface area contributed by atoms with Crippen LogP contribution in [0.4, 0.5) is 5.69 Å². The quantitative estimate of drug-likeness (QED) is 0.345. The fraction of sp³-hybridized carbons (Fsp3) is 0.212. The van der Waals surface area contributed by atoms with E-state index < -0.39 is 5.91 Å². The first-order valence-electron chi connectivity index (χ1n) is 13.4. The SMILES string of the molecule is NC(=O)c1ccc(CC(N2CCN(C(=O)c3ccccc3)CC2)N(Cc2ccccc2)c2ccccc2)cc1. The predicted octanol–water partition coefficient (Wildman–Crippen LogP) is 4.82. The molecule has 1 fully saturated rings. The number of amides is 2. The number of hydrogen-bond donors (Lipinski definition) is 1. The predicted molar refractivity (Wildman–Crippen MR) is 155 cm³/mol. The summed E-state index contributed by atoms with van der Waals surface area (Å²) < 4.78 is 0. The van der Waals surface area contributed by atoms with Crippen molar-refractivity contribution in [2.45, 2.75) is 19.1 Å². The van der Waals surface area contributed by atoms with Crippen LogP contribution in [0.15, 0.2) is 115 Å². The Morgan fingerprint density at radius 1 is 0.667 bits per heavy atom. The van der Waals surface area contributed by atoms with E-state index in [-0.39, 0.29) is 12.1 Å². The lowest BCUT2D eigenvalue weighted by Gasteiger charge is -2.45. The highest BCUT2D eigenvalue weighted by Crippen LogP contribution is 2.26. The topological polar surface area (TPSA) is 69.9 Å². The molecular weight excluding hydrogens is 484 g/mol. The number of benzene rings is 4. The Bertz CT molecular complexity index is 1350. The van der Waals surface area contributed by atoms with Gasteiger partial charge in [0.05, 0.1) is 6.17 Å². The number of piperazine rings is 1. The Labute approximate surface area is 230 Å². The molecule has 2 amide bonds. The monoisotopic (exact) mass is 518 g/mol. The number of primary amides is 1. The van der Waals surface area contributed by atoms with Gasteiger partial charge in [-0.15, -0.1) is 0 Å². The molecule has 0 spiro atoms. The summed E-state index contributed by atoms with van der Waals surface area (Å²) in [6.07, 6.45) is 0.800. The van der Waals surface area contributed by atoms with Crippen LogP contribution < -0.4 is 10.6 Å². The summed E-state index contributed by atoms with van der Waals surface area (Å²) in [5.41, 5.74) is 10.2. The molecule has 1 aliphatic rings. The molecule has 5 rings (SSSR count). The summed E-state index contributed by atoms with van der Waals surface area (Å²) in [5, 5.41) is 0. The molecule has 4 aromatic rings. The normalized spacial score (nSPS) is 14.5. The molecule has 1 unspecified atom stereocenters. The number of hydrogen-bond acceptors (Lipinski definition) is 4. The molecule has 198 valence electrons. The number of para-hydroxylation sites is 1. The van der Waals surface area contributed by atoms with Crippen molar-refractivity contribution >= 4 is 17.5 Å². The molecule has 0 aromatic heterocycles. The van der Waals surface area contributed by atoms with Crippen LogP contribution in [0.1, 0.15) is 31.8 Å². The number of nitrogens with zero attached hydrogens (tertiary/aromatic N) is 3.